The Balaban J connectivity index is 2.26. The van der Waals surface area contributed by atoms with Crippen LogP contribution in [0.2, 0.25) is 0 Å². The minimum absolute atomic E-state index is 0.836. The van der Waals surface area contributed by atoms with Crippen LogP contribution < -0.4 is 4.74 Å². The molecular formula is C13H11N3O. The lowest BCUT2D eigenvalue weighted by molar-refractivity contribution is 0.419. The van der Waals surface area contributed by atoms with Gasteiger partial charge in [-0.15, -0.1) is 0 Å². The Labute approximate surface area is 98.3 Å². The first-order valence-corrected chi connectivity index (χ1v) is 5.30. The number of benzene rings is 1. The lowest BCUT2D eigenvalue weighted by Crippen LogP contribution is -1.84. The summed E-state index contributed by atoms with van der Waals surface area (Å²) in [4.78, 5) is 11.4. The Morgan fingerprint density at radius 3 is 2.94 bits per heavy atom. The maximum Gasteiger partial charge on any atom is 0.142 e. The molecule has 2 aromatic heterocycles. The zero-order chi connectivity index (χ0) is 11.7. The normalized spacial score (nSPS) is 10.6. The molecule has 1 N–H and O–H groups in total. The largest absolute Gasteiger partial charge is 0.495 e. The van der Waals surface area contributed by atoms with E-state index in [-0.39, 0.29) is 0 Å². The van der Waals surface area contributed by atoms with Crippen LogP contribution in [0.5, 0.6) is 5.75 Å². The van der Waals surface area contributed by atoms with Crippen molar-refractivity contribution in [2.45, 2.75) is 0 Å². The summed E-state index contributed by atoms with van der Waals surface area (Å²) in [6, 6.07) is 7.84. The first kappa shape index (κ1) is 9.84. The van der Waals surface area contributed by atoms with Crippen LogP contribution in [-0.2, 0) is 0 Å². The van der Waals surface area contributed by atoms with E-state index in [1.54, 1.807) is 19.6 Å². The zero-order valence-corrected chi connectivity index (χ0v) is 9.34. The smallest absolute Gasteiger partial charge is 0.142 e. The number of rotatable bonds is 2. The highest BCUT2D eigenvalue weighted by molar-refractivity contribution is 5.97. The molecule has 2 heterocycles. The van der Waals surface area contributed by atoms with Gasteiger partial charge in [-0.3, -0.25) is 0 Å². The second kappa shape index (κ2) is 3.90. The molecular weight excluding hydrogens is 214 g/mol. The number of nitrogens with zero attached hydrogens (tertiary/aromatic N) is 2. The number of aromatic nitrogens is 3. The lowest BCUT2D eigenvalue weighted by atomic mass is 10.1. The van der Waals surface area contributed by atoms with E-state index >= 15 is 0 Å². The van der Waals surface area contributed by atoms with Crippen LogP contribution in [0.1, 0.15) is 0 Å². The van der Waals surface area contributed by atoms with Gasteiger partial charge in [0.15, 0.2) is 0 Å². The number of hydrogen-bond acceptors (Lipinski definition) is 3. The fourth-order valence-corrected chi connectivity index (χ4v) is 1.96. The Kier molecular flexibility index (Phi) is 2.26. The Morgan fingerprint density at radius 2 is 2.18 bits per heavy atom. The average Bonchev–Trinajstić information content (AvgIpc) is 2.83. The van der Waals surface area contributed by atoms with Gasteiger partial charge in [-0.1, -0.05) is 12.1 Å². The highest BCUT2D eigenvalue weighted by Gasteiger charge is 2.09. The van der Waals surface area contributed by atoms with Gasteiger partial charge in [0.05, 0.1) is 18.3 Å². The minimum Gasteiger partial charge on any atom is -0.495 e. The number of para-hydroxylation sites is 1. The molecule has 17 heavy (non-hydrogen) atoms. The predicted molar refractivity (Wildman–Crippen MR) is 65.9 cm³/mol. The number of methoxy groups -OCH3 is 1. The van der Waals surface area contributed by atoms with Crippen molar-refractivity contribution in [1.82, 2.24) is 15.0 Å². The number of nitrogens with one attached hydrogen (secondary N) is 1. The monoisotopic (exact) mass is 225 g/mol. The third kappa shape index (κ3) is 1.54. The molecule has 0 aliphatic heterocycles. The summed E-state index contributed by atoms with van der Waals surface area (Å²) in [5, 5.41) is 1.10. The summed E-state index contributed by atoms with van der Waals surface area (Å²) in [6.45, 7) is 0. The van der Waals surface area contributed by atoms with Gasteiger partial charge in [-0.05, 0) is 12.1 Å². The summed E-state index contributed by atoms with van der Waals surface area (Å²) in [5.41, 5.74) is 2.95. The topological polar surface area (TPSA) is 50.8 Å². The molecule has 0 unspecified atom stereocenters. The van der Waals surface area contributed by atoms with E-state index in [1.165, 1.54) is 0 Å². The van der Waals surface area contributed by atoms with Crippen molar-refractivity contribution in [2.75, 3.05) is 7.11 Å². The molecule has 4 nitrogen and oxygen atoms in total. The highest BCUT2D eigenvalue weighted by atomic mass is 16.5. The highest BCUT2D eigenvalue weighted by Crippen LogP contribution is 2.31. The van der Waals surface area contributed by atoms with Gasteiger partial charge in [0, 0.05) is 23.3 Å². The molecule has 0 fully saturated rings. The summed E-state index contributed by atoms with van der Waals surface area (Å²) < 4.78 is 5.31. The molecule has 0 amide bonds. The van der Waals surface area contributed by atoms with Crippen LogP contribution in [0, 0.1) is 0 Å². The third-order valence-corrected chi connectivity index (χ3v) is 2.76. The fraction of sp³-hybridized carbons (Fsp3) is 0.0769. The van der Waals surface area contributed by atoms with Crippen LogP contribution >= 0.6 is 0 Å². The number of ether oxygens (including phenoxy) is 1. The molecule has 0 bridgehead atoms. The molecule has 0 saturated heterocycles. The van der Waals surface area contributed by atoms with Gasteiger partial charge in [0.2, 0.25) is 0 Å². The molecule has 0 aliphatic carbocycles. The molecule has 1 aromatic carbocycles. The molecule has 0 saturated carbocycles. The van der Waals surface area contributed by atoms with Gasteiger partial charge < -0.3 is 9.72 Å². The Hall–Kier alpha value is -2.36. The first-order valence-electron chi connectivity index (χ1n) is 5.30. The van der Waals surface area contributed by atoms with Crippen LogP contribution in [0.4, 0.5) is 0 Å². The molecule has 0 spiro atoms. The third-order valence-electron chi connectivity index (χ3n) is 2.76. The summed E-state index contributed by atoms with van der Waals surface area (Å²) in [7, 11) is 1.67. The van der Waals surface area contributed by atoms with Crippen LogP contribution in [0.25, 0.3) is 22.2 Å². The average molecular weight is 225 g/mol. The molecule has 84 valence electrons. The predicted octanol–water partition coefficient (Wildman–Crippen LogP) is 2.63. The van der Waals surface area contributed by atoms with E-state index < -0.39 is 0 Å². The van der Waals surface area contributed by atoms with Gasteiger partial charge in [-0.2, -0.15) is 0 Å². The van der Waals surface area contributed by atoms with Crippen LogP contribution in [0.15, 0.2) is 43.0 Å². The summed E-state index contributed by atoms with van der Waals surface area (Å²) in [6.07, 6.45) is 5.23. The van der Waals surface area contributed by atoms with Crippen LogP contribution in [-0.4, -0.2) is 22.1 Å². The molecule has 4 heteroatoms. The van der Waals surface area contributed by atoms with E-state index in [4.69, 9.17) is 4.74 Å². The zero-order valence-electron chi connectivity index (χ0n) is 9.34. The summed E-state index contributed by atoms with van der Waals surface area (Å²) in [5.74, 6) is 0.836. The maximum absolute atomic E-state index is 5.31. The van der Waals surface area contributed by atoms with Gasteiger partial charge >= 0.3 is 0 Å². The molecule has 0 aliphatic rings. The summed E-state index contributed by atoms with van der Waals surface area (Å²) >= 11 is 0. The second-order valence-corrected chi connectivity index (χ2v) is 3.68. The van der Waals surface area contributed by atoms with Gasteiger partial charge in [-0.25, -0.2) is 9.97 Å². The number of fused-ring (bicyclic) bond motifs is 1. The molecule has 0 radical (unpaired) electrons. The SMILES string of the molecule is COc1cccc2c(-c3ccncn3)c[nH]c12. The van der Waals surface area contributed by atoms with Crippen molar-refractivity contribution in [1.29, 1.82) is 0 Å². The number of H-pyrrole nitrogens is 1. The quantitative estimate of drug-likeness (QED) is 0.729. The Morgan fingerprint density at radius 1 is 1.24 bits per heavy atom. The second-order valence-electron chi connectivity index (χ2n) is 3.68. The van der Waals surface area contributed by atoms with Crippen molar-refractivity contribution >= 4 is 10.9 Å². The molecule has 0 atom stereocenters. The van der Waals surface area contributed by atoms with E-state index in [2.05, 4.69) is 15.0 Å². The van der Waals surface area contributed by atoms with E-state index in [0.29, 0.717) is 0 Å². The van der Waals surface area contributed by atoms with E-state index in [1.807, 2.05) is 30.5 Å². The number of aromatic amines is 1. The first-order chi connectivity index (χ1) is 8.40. The van der Waals surface area contributed by atoms with E-state index in [0.717, 1.165) is 27.9 Å². The lowest BCUT2D eigenvalue weighted by Gasteiger charge is -2.01. The maximum atomic E-state index is 5.31. The minimum atomic E-state index is 0.836. The van der Waals surface area contributed by atoms with E-state index in [9.17, 15) is 0 Å². The van der Waals surface area contributed by atoms with Crippen LogP contribution in [0.3, 0.4) is 0 Å². The van der Waals surface area contributed by atoms with Gasteiger partial charge in [0.25, 0.3) is 0 Å². The van der Waals surface area contributed by atoms with Gasteiger partial charge in [0.1, 0.15) is 12.1 Å². The van der Waals surface area contributed by atoms with Crippen molar-refractivity contribution in [2.24, 2.45) is 0 Å². The standard InChI is InChI=1S/C13H11N3O/c1-17-12-4-2-3-9-10(7-15-13(9)12)11-5-6-14-8-16-11/h2-8,15H,1H3. The fourth-order valence-electron chi connectivity index (χ4n) is 1.96. The number of hydrogen-bond donors (Lipinski definition) is 1. The Bertz CT molecular complexity index is 646. The molecule has 3 aromatic rings. The van der Waals surface area contributed by atoms with Crippen molar-refractivity contribution in [3.63, 3.8) is 0 Å². The van der Waals surface area contributed by atoms with Crippen molar-refractivity contribution in [3.05, 3.63) is 43.0 Å². The van der Waals surface area contributed by atoms with Crippen molar-refractivity contribution < 1.29 is 4.74 Å². The molecule has 3 rings (SSSR count). The van der Waals surface area contributed by atoms with Crippen molar-refractivity contribution in [3.8, 4) is 17.0 Å².